The van der Waals surface area contributed by atoms with E-state index in [1.54, 1.807) is 17.0 Å². The number of anilines is 1. The second-order valence-electron chi connectivity index (χ2n) is 11.5. The lowest BCUT2D eigenvalue weighted by atomic mass is 9.94. The molecule has 2 amide bonds. The second-order valence-corrected chi connectivity index (χ2v) is 13.4. The lowest BCUT2D eigenvalue weighted by molar-refractivity contribution is -0.140. The fourth-order valence-corrected chi connectivity index (χ4v) is 6.54. The highest BCUT2D eigenvalue weighted by molar-refractivity contribution is 7.92. The third kappa shape index (κ3) is 8.83. The van der Waals surface area contributed by atoms with Crippen molar-refractivity contribution < 1.29 is 22.7 Å². The topological polar surface area (TPSA) is 96.0 Å². The summed E-state index contributed by atoms with van der Waals surface area (Å²) in [5, 5.41) is 3.23. The van der Waals surface area contributed by atoms with Crippen LogP contribution in [-0.2, 0) is 32.6 Å². The molecule has 0 radical (unpaired) electrons. The fraction of sp³-hybridized carbons (Fsp3) is 0.412. The van der Waals surface area contributed by atoms with Crippen molar-refractivity contribution in [1.29, 1.82) is 0 Å². The van der Waals surface area contributed by atoms with E-state index in [9.17, 15) is 18.0 Å². The van der Waals surface area contributed by atoms with Gasteiger partial charge in [0.05, 0.1) is 19.1 Å². The third-order valence-corrected chi connectivity index (χ3v) is 9.07. The smallest absolute Gasteiger partial charge is 0.244 e. The van der Waals surface area contributed by atoms with Crippen molar-refractivity contribution in [2.45, 2.75) is 71.0 Å². The molecule has 3 aromatic carbocycles. The zero-order valence-electron chi connectivity index (χ0n) is 25.6. The monoisotopic (exact) mass is 605 g/mol. The molecule has 4 rings (SSSR count). The summed E-state index contributed by atoms with van der Waals surface area (Å²) in [7, 11) is -2.43. The molecule has 1 fully saturated rings. The van der Waals surface area contributed by atoms with Crippen LogP contribution in [0.3, 0.4) is 0 Å². The van der Waals surface area contributed by atoms with Crippen LogP contribution in [0.1, 0.15) is 54.4 Å². The van der Waals surface area contributed by atoms with Crippen molar-refractivity contribution >= 4 is 27.5 Å². The Hall–Kier alpha value is -3.85. The predicted molar refractivity (Wildman–Crippen MR) is 171 cm³/mol. The molecule has 1 saturated carbocycles. The molecular formula is C34H43N3O5S. The lowest BCUT2D eigenvalue weighted by Crippen LogP contribution is -2.55. The zero-order valence-corrected chi connectivity index (χ0v) is 26.4. The molecule has 0 heterocycles. The summed E-state index contributed by atoms with van der Waals surface area (Å²) >= 11 is 0. The van der Waals surface area contributed by atoms with E-state index in [1.165, 1.54) is 7.11 Å². The lowest BCUT2D eigenvalue weighted by Gasteiger charge is -2.35. The quantitative estimate of drug-likeness (QED) is 0.308. The Balaban J connectivity index is 1.75. The molecule has 1 aliphatic rings. The van der Waals surface area contributed by atoms with E-state index in [0.29, 0.717) is 12.2 Å². The molecule has 1 atom stereocenters. The number of hydrogen-bond donors (Lipinski definition) is 1. The minimum Gasteiger partial charge on any atom is -0.495 e. The molecule has 9 heteroatoms. The zero-order chi connectivity index (χ0) is 31.0. The molecular weight excluding hydrogens is 562 g/mol. The molecule has 1 aliphatic carbocycles. The van der Waals surface area contributed by atoms with Crippen LogP contribution in [0, 0.1) is 13.8 Å². The Kier molecular flexibility index (Phi) is 10.9. The average molecular weight is 606 g/mol. The first-order chi connectivity index (χ1) is 20.5. The Morgan fingerprint density at radius 2 is 1.58 bits per heavy atom. The fourth-order valence-electron chi connectivity index (χ4n) is 5.70. The van der Waals surface area contributed by atoms with Gasteiger partial charge in [-0.3, -0.25) is 13.9 Å². The summed E-state index contributed by atoms with van der Waals surface area (Å²) in [6.07, 6.45) is 6.45. The van der Waals surface area contributed by atoms with Crippen LogP contribution in [0.15, 0.2) is 72.8 Å². The SMILES string of the molecule is COc1ccc(C)cc1N(CC(=O)N(Cc1cccc(C)c1)[C@@H](Cc1ccccc1)C(=O)NC1CCCCC1)S(C)(=O)=O. The van der Waals surface area contributed by atoms with E-state index in [4.69, 9.17) is 4.74 Å². The number of hydrogen-bond acceptors (Lipinski definition) is 5. The molecule has 230 valence electrons. The Morgan fingerprint density at radius 3 is 2.23 bits per heavy atom. The summed E-state index contributed by atoms with van der Waals surface area (Å²) in [4.78, 5) is 30.0. The highest BCUT2D eigenvalue weighted by atomic mass is 32.2. The van der Waals surface area contributed by atoms with Crippen LogP contribution in [-0.4, -0.2) is 57.1 Å². The van der Waals surface area contributed by atoms with Crippen molar-refractivity contribution in [3.63, 3.8) is 0 Å². The van der Waals surface area contributed by atoms with Gasteiger partial charge in [0.25, 0.3) is 0 Å². The molecule has 0 unspecified atom stereocenters. The van der Waals surface area contributed by atoms with Gasteiger partial charge in [-0.15, -0.1) is 0 Å². The highest BCUT2D eigenvalue weighted by Crippen LogP contribution is 2.31. The summed E-state index contributed by atoms with van der Waals surface area (Å²) in [5.74, 6) is -0.365. The molecule has 0 bridgehead atoms. The van der Waals surface area contributed by atoms with Gasteiger partial charge < -0.3 is 15.0 Å². The van der Waals surface area contributed by atoms with Gasteiger partial charge in [-0.25, -0.2) is 8.42 Å². The number of benzene rings is 3. The first-order valence-corrected chi connectivity index (χ1v) is 16.7. The Bertz CT molecular complexity index is 1500. The largest absolute Gasteiger partial charge is 0.495 e. The van der Waals surface area contributed by atoms with Crippen LogP contribution in [0.4, 0.5) is 5.69 Å². The minimum absolute atomic E-state index is 0.0551. The summed E-state index contributed by atoms with van der Waals surface area (Å²) < 4.78 is 32.9. The van der Waals surface area contributed by atoms with Gasteiger partial charge in [0.1, 0.15) is 18.3 Å². The van der Waals surface area contributed by atoms with E-state index in [0.717, 1.165) is 64.9 Å². The Labute approximate surface area is 256 Å². The standard InChI is InChI=1S/C34H43N3O5S/c1-25-12-11-15-28(20-25)23-36(33(38)24-37(43(4,40)41)30-21-26(2)18-19-32(30)42-3)31(22-27-13-7-5-8-14-27)34(39)35-29-16-9-6-10-17-29/h5,7-8,11-15,18-21,29,31H,6,9-10,16-17,22-24H2,1-4H3,(H,35,39)/t31-/m0/s1. The maximum Gasteiger partial charge on any atom is 0.244 e. The molecule has 8 nitrogen and oxygen atoms in total. The molecule has 3 aromatic rings. The number of nitrogens with zero attached hydrogens (tertiary/aromatic N) is 2. The van der Waals surface area contributed by atoms with Gasteiger partial charge in [0.15, 0.2) is 0 Å². The number of rotatable bonds is 12. The maximum absolute atomic E-state index is 14.4. The van der Waals surface area contributed by atoms with Gasteiger partial charge in [0.2, 0.25) is 21.8 Å². The van der Waals surface area contributed by atoms with Gasteiger partial charge in [-0.05, 0) is 55.5 Å². The molecule has 43 heavy (non-hydrogen) atoms. The van der Waals surface area contributed by atoms with Crippen molar-refractivity contribution in [2.75, 3.05) is 24.2 Å². The number of nitrogens with one attached hydrogen (secondary N) is 1. The van der Waals surface area contributed by atoms with Gasteiger partial charge in [0, 0.05) is 19.0 Å². The number of ether oxygens (including phenoxy) is 1. The normalized spacial score (nSPS) is 14.5. The average Bonchev–Trinajstić information content (AvgIpc) is 2.98. The maximum atomic E-state index is 14.4. The molecule has 1 N–H and O–H groups in total. The van der Waals surface area contributed by atoms with Crippen molar-refractivity contribution in [2.24, 2.45) is 0 Å². The number of carbonyl (C=O) groups excluding carboxylic acids is 2. The van der Waals surface area contributed by atoms with E-state index in [2.05, 4.69) is 5.32 Å². The van der Waals surface area contributed by atoms with Crippen LogP contribution < -0.4 is 14.4 Å². The van der Waals surface area contributed by atoms with Gasteiger partial charge in [-0.1, -0.05) is 85.5 Å². The van der Waals surface area contributed by atoms with Crippen LogP contribution in [0.2, 0.25) is 0 Å². The number of aryl methyl sites for hydroxylation is 2. The minimum atomic E-state index is -3.90. The van der Waals surface area contributed by atoms with E-state index >= 15 is 0 Å². The number of methoxy groups -OCH3 is 1. The van der Waals surface area contributed by atoms with E-state index in [1.807, 2.05) is 74.5 Å². The summed E-state index contributed by atoms with van der Waals surface area (Å²) in [6.45, 7) is 3.49. The first-order valence-electron chi connectivity index (χ1n) is 14.9. The summed E-state index contributed by atoms with van der Waals surface area (Å²) in [5.41, 5.74) is 3.89. The predicted octanol–water partition coefficient (Wildman–Crippen LogP) is 5.17. The highest BCUT2D eigenvalue weighted by Gasteiger charge is 2.34. The van der Waals surface area contributed by atoms with Crippen molar-refractivity contribution in [3.05, 3.63) is 95.1 Å². The second kappa shape index (κ2) is 14.6. The first kappa shape index (κ1) is 32.1. The number of carbonyl (C=O) groups is 2. The van der Waals surface area contributed by atoms with E-state index < -0.39 is 28.5 Å². The van der Waals surface area contributed by atoms with Crippen LogP contribution in [0.25, 0.3) is 0 Å². The number of amides is 2. The molecule has 0 saturated heterocycles. The number of sulfonamides is 1. The van der Waals surface area contributed by atoms with Crippen molar-refractivity contribution in [1.82, 2.24) is 10.2 Å². The van der Waals surface area contributed by atoms with Crippen molar-refractivity contribution in [3.8, 4) is 5.75 Å². The molecule has 0 aliphatic heterocycles. The third-order valence-electron chi connectivity index (χ3n) is 7.94. The Morgan fingerprint density at radius 1 is 0.907 bits per heavy atom. The van der Waals surface area contributed by atoms with Gasteiger partial charge >= 0.3 is 0 Å². The molecule has 0 aromatic heterocycles. The van der Waals surface area contributed by atoms with Crippen LogP contribution in [0.5, 0.6) is 5.75 Å². The van der Waals surface area contributed by atoms with E-state index in [-0.39, 0.29) is 24.2 Å². The van der Waals surface area contributed by atoms with Crippen LogP contribution >= 0.6 is 0 Å². The van der Waals surface area contributed by atoms with Gasteiger partial charge in [-0.2, -0.15) is 0 Å². The molecule has 0 spiro atoms. The summed E-state index contributed by atoms with van der Waals surface area (Å²) in [6, 6.07) is 21.8.